The number of thiazole rings is 1. The van der Waals surface area contributed by atoms with E-state index >= 15 is 0 Å². The smallest absolute Gasteiger partial charge is 0.244 e. The molecular formula is C19H25N3O3S3. The molecule has 0 saturated carbocycles. The molecule has 1 aromatic heterocycles. The fraction of sp³-hybridized carbons (Fsp3) is 0.474. The van der Waals surface area contributed by atoms with Gasteiger partial charge in [0, 0.05) is 24.1 Å². The Balaban J connectivity index is 1.72. The van der Waals surface area contributed by atoms with Crippen molar-refractivity contribution < 1.29 is 13.2 Å². The van der Waals surface area contributed by atoms with E-state index in [4.69, 9.17) is 0 Å². The summed E-state index contributed by atoms with van der Waals surface area (Å²) >= 11 is 3.04. The Hall–Kier alpha value is -1.42. The van der Waals surface area contributed by atoms with Crippen LogP contribution in [0.2, 0.25) is 0 Å². The SMILES string of the molecule is Cc1nc(CCNC(=O)C2CSCN2S(=O)(=O)c2cc(C)c(C)cc2C)cs1. The summed E-state index contributed by atoms with van der Waals surface area (Å²) in [6, 6.07) is 2.91. The van der Waals surface area contributed by atoms with Gasteiger partial charge in [0.05, 0.1) is 21.5 Å². The molecule has 3 rings (SSSR count). The number of carbonyl (C=O) groups excluding carboxylic acids is 1. The minimum atomic E-state index is -3.74. The Kier molecular flexibility index (Phi) is 6.48. The number of hydrogen-bond acceptors (Lipinski definition) is 6. The number of thioether (sulfide) groups is 1. The largest absolute Gasteiger partial charge is 0.354 e. The highest BCUT2D eigenvalue weighted by Gasteiger charge is 2.40. The van der Waals surface area contributed by atoms with Crippen molar-refractivity contribution in [3.05, 3.63) is 44.9 Å². The Morgan fingerprint density at radius 3 is 2.61 bits per heavy atom. The molecule has 0 spiro atoms. The van der Waals surface area contributed by atoms with Crippen LogP contribution in [0.15, 0.2) is 22.4 Å². The fourth-order valence-electron chi connectivity index (χ4n) is 3.16. The molecular weight excluding hydrogens is 414 g/mol. The molecule has 1 saturated heterocycles. The Morgan fingerprint density at radius 2 is 1.93 bits per heavy atom. The summed E-state index contributed by atoms with van der Waals surface area (Å²) in [5.74, 6) is 0.505. The number of amides is 1. The van der Waals surface area contributed by atoms with E-state index in [9.17, 15) is 13.2 Å². The van der Waals surface area contributed by atoms with Crippen LogP contribution >= 0.6 is 23.1 Å². The Morgan fingerprint density at radius 1 is 1.21 bits per heavy atom. The first-order valence-electron chi connectivity index (χ1n) is 9.06. The molecule has 2 heterocycles. The Labute approximate surface area is 174 Å². The minimum Gasteiger partial charge on any atom is -0.354 e. The maximum Gasteiger partial charge on any atom is 0.244 e. The van der Waals surface area contributed by atoms with Gasteiger partial charge in [0.1, 0.15) is 6.04 Å². The minimum absolute atomic E-state index is 0.248. The van der Waals surface area contributed by atoms with Crippen LogP contribution in [-0.2, 0) is 21.2 Å². The second-order valence-corrected chi connectivity index (χ2v) is 10.9. The number of aromatic nitrogens is 1. The summed E-state index contributed by atoms with van der Waals surface area (Å²) in [5.41, 5.74) is 3.63. The van der Waals surface area contributed by atoms with Gasteiger partial charge >= 0.3 is 0 Å². The van der Waals surface area contributed by atoms with Crippen molar-refractivity contribution in [3.8, 4) is 0 Å². The molecule has 1 aromatic carbocycles. The van der Waals surface area contributed by atoms with Gasteiger partial charge in [-0.2, -0.15) is 4.31 Å². The van der Waals surface area contributed by atoms with Gasteiger partial charge in [-0.05, 0) is 50.5 Å². The van der Waals surface area contributed by atoms with Gasteiger partial charge in [-0.3, -0.25) is 4.79 Å². The molecule has 6 nitrogen and oxygen atoms in total. The first-order valence-corrected chi connectivity index (χ1v) is 12.5. The van der Waals surface area contributed by atoms with Crippen LogP contribution in [0, 0.1) is 27.7 Å². The molecule has 1 aliphatic rings. The molecule has 2 aromatic rings. The first kappa shape index (κ1) is 21.3. The lowest BCUT2D eigenvalue weighted by atomic mass is 10.1. The lowest BCUT2D eigenvalue weighted by Gasteiger charge is -2.24. The van der Waals surface area contributed by atoms with E-state index in [0.717, 1.165) is 21.8 Å². The maximum atomic E-state index is 13.3. The molecule has 28 heavy (non-hydrogen) atoms. The summed E-state index contributed by atoms with van der Waals surface area (Å²) in [5, 5.41) is 5.85. The van der Waals surface area contributed by atoms with Crippen LogP contribution in [-0.4, -0.2) is 47.8 Å². The summed E-state index contributed by atoms with van der Waals surface area (Å²) in [6.07, 6.45) is 0.638. The molecule has 1 unspecified atom stereocenters. The number of aryl methyl sites for hydroxylation is 4. The zero-order valence-corrected chi connectivity index (χ0v) is 18.9. The standard InChI is InChI=1S/C19H25N3O3S3/c1-12-7-14(3)18(8-13(12)2)28(24,25)22-11-26-10-17(22)19(23)20-6-5-16-9-27-15(4)21-16/h7-9,17H,5-6,10-11H2,1-4H3,(H,20,23). The lowest BCUT2D eigenvalue weighted by Crippen LogP contribution is -2.47. The third kappa shape index (κ3) is 4.42. The van der Waals surface area contributed by atoms with Crippen molar-refractivity contribution in [1.82, 2.24) is 14.6 Å². The van der Waals surface area contributed by atoms with Gasteiger partial charge < -0.3 is 5.32 Å². The molecule has 0 bridgehead atoms. The van der Waals surface area contributed by atoms with Gasteiger partial charge in [0.2, 0.25) is 15.9 Å². The second kappa shape index (κ2) is 8.52. The van der Waals surface area contributed by atoms with E-state index in [0.29, 0.717) is 24.3 Å². The van der Waals surface area contributed by atoms with Crippen molar-refractivity contribution in [2.75, 3.05) is 18.2 Å². The lowest BCUT2D eigenvalue weighted by molar-refractivity contribution is -0.123. The molecule has 152 valence electrons. The highest BCUT2D eigenvalue weighted by atomic mass is 32.2. The van der Waals surface area contributed by atoms with Crippen LogP contribution in [0.25, 0.3) is 0 Å². The van der Waals surface area contributed by atoms with Crippen LogP contribution in [0.1, 0.15) is 27.4 Å². The van der Waals surface area contributed by atoms with Crippen molar-refractivity contribution in [2.24, 2.45) is 0 Å². The van der Waals surface area contributed by atoms with E-state index in [1.807, 2.05) is 32.2 Å². The molecule has 0 aliphatic carbocycles. The number of nitrogens with zero attached hydrogens (tertiary/aromatic N) is 2. The molecule has 1 amide bonds. The highest BCUT2D eigenvalue weighted by Crippen LogP contribution is 2.31. The van der Waals surface area contributed by atoms with E-state index in [-0.39, 0.29) is 16.7 Å². The molecule has 1 N–H and O–H groups in total. The van der Waals surface area contributed by atoms with Crippen molar-refractivity contribution in [1.29, 1.82) is 0 Å². The quantitative estimate of drug-likeness (QED) is 0.749. The summed E-state index contributed by atoms with van der Waals surface area (Å²) in [6.45, 7) is 8.05. The molecule has 1 atom stereocenters. The maximum absolute atomic E-state index is 13.3. The number of rotatable bonds is 6. The van der Waals surface area contributed by atoms with E-state index < -0.39 is 16.1 Å². The first-order chi connectivity index (χ1) is 13.2. The van der Waals surface area contributed by atoms with Gasteiger partial charge in [-0.1, -0.05) is 6.07 Å². The monoisotopic (exact) mass is 439 g/mol. The van der Waals surface area contributed by atoms with Crippen molar-refractivity contribution in [3.63, 3.8) is 0 Å². The molecule has 0 radical (unpaired) electrons. The van der Waals surface area contributed by atoms with Crippen LogP contribution in [0.3, 0.4) is 0 Å². The molecule has 1 aliphatic heterocycles. The number of benzene rings is 1. The van der Waals surface area contributed by atoms with Gasteiger partial charge in [-0.25, -0.2) is 13.4 Å². The normalized spacial score (nSPS) is 17.8. The predicted molar refractivity (Wildman–Crippen MR) is 114 cm³/mol. The van der Waals surface area contributed by atoms with E-state index in [1.54, 1.807) is 24.3 Å². The number of nitrogens with one attached hydrogen (secondary N) is 1. The van der Waals surface area contributed by atoms with Gasteiger partial charge in [-0.15, -0.1) is 23.1 Å². The van der Waals surface area contributed by atoms with Crippen LogP contribution in [0.4, 0.5) is 0 Å². The van der Waals surface area contributed by atoms with Crippen LogP contribution < -0.4 is 5.32 Å². The summed E-state index contributed by atoms with van der Waals surface area (Å²) in [4.78, 5) is 17.4. The zero-order chi connectivity index (χ0) is 20.5. The molecule has 9 heteroatoms. The van der Waals surface area contributed by atoms with Crippen molar-refractivity contribution >= 4 is 39.0 Å². The van der Waals surface area contributed by atoms with E-state index in [1.165, 1.54) is 16.1 Å². The topological polar surface area (TPSA) is 79.4 Å². The fourth-order valence-corrected chi connectivity index (χ4v) is 7.25. The summed E-state index contributed by atoms with van der Waals surface area (Å²) < 4.78 is 27.8. The molecule has 1 fully saturated rings. The average molecular weight is 440 g/mol. The number of carbonyl (C=O) groups is 1. The number of hydrogen-bond donors (Lipinski definition) is 1. The average Bonchev–Trinajstić information content (AvgIpc) is 3.27. The second-order valence-electron chi connectivity index (χ2n) is 7.01. The predicted octanol–water partition coefficient (Wildman–Crippen LogP) is 2.80. The Bertz CT molecular complexity index is 986. The number of sulfonamides is 1. The van der Waals surface area contributed by atoms with Crippen molar-refractivity contribution in [2.45, 2.75) is 45.1 Å². The van der Waals surface area contributed by atoms with Crippen LogP contribution in [0.5, 0.6) is 0 Å². The van der Waals surface area contributed by atoms with E-state index in [2.05, 4.69) is 10.3 Å². The third-order valence-corrected chi connectivity index (χ3v) is 8.86. The zero-order valence-electron chi connectivity index (χ0n) is 16.5. The summed E-state index contributed by atoms with van der Waals surface area (Å²) in [7, 11) is -3.74. The third-order valence-electron chi connectivity index (χ3n) is 4.87. The van der Waals surface area contributed by atoms with Gasteiger partial charge in [0.25, 0.3) is 0 Å². The van der Waals surface area contributed by atoms with Gasteiger partial charge in [0.15, 0.2) is 0 Å². The highest BCUT2D eigenvalue weighted by molar-refractivity contribution is 8.00.